The number of amides is 1. The molecular weight excluding hydrogens is 508 g/mol. The molecule has 3 unspecified atom stereocenters. The number of nitrogens with one attached hydrogen (secondary N) is 1. The van der Waals surface area contributed by atoms with Gasteiger partial charge < -0.3 is 34.1 Å². The van der Waals surface area contributed by atoms with E-state index in [4.69, 9.17) is 34.1 Å². The Morgan fingerprint density at radius 1 is 1.16 bits per heavy atom. The Morgan fingerprint density at radius 2 is 1.89 bits per heavy atom. The largest absolute Gasteiger partial charge is 0.490 e. The van der Waals surface area contributed by atoms with Gasteiger partial charge in [-0.05, 0) is 65.2 Å². The molecule has 14 heteroatoms. The maximum absolute atomic E-state index is 13.3. The molecule has 38 heavy (non-hydrogen) atoms. The summed E-state index contributed by atoms with van der Waals surface area (Å²) < 4.78 is 27.8. The van der Waals surface area contributed by atoms with E-state index in [1.165, 1.54) is 12.1 Å². The van der Waals surface area contributed by atoms with Crippen LogP contribution in [0.15, 0.2) is 18.2 Å². The summed E-state index contributed by atoms with van der Waals surface area (Å²) in [5.41, 5.74) is -1.00. The van der Waals surface area contributed by atoms with E-state index in [1.807, 2.05) is 0 Å². The number of carboxylic acids is 1. The molecule has 0 aromatic heterocycles. The van der Waals surface area contributed by atoms with Gasteiger partial charge in [0.05, 0.1) is 30.3 Å². The first kappa shape index (κ1) is 31.2. The number of aromatic carboxylic acids is 1. The highest BCUT2D eigenvalue weighted by Crippen LogP contribution is 2.30. The molecule has 0 bridgehead atoms. The van der Waals surface area contributed by atoms with Crippen molar-refractivity contribution in [2.24, 2.45) is 0 Å². The van der Waals surface area contributed by atoms with E-state index in [1.54, 1.807) is 27.7 Å². The van der Waals surface area contributed by atoms with Gasteiger partial charge >= 0.3 is 18.0 Å². The molecule has 1 aromatic carbocycles. The summed E-state index contributed by atoms with van der Waals surface area (Å²) in [6.45, 7) is 6.98. The van der Waals surface area contributed by atoms with E-state index in [-0.39, 0.29) is 36.7 Å². The van der Waals surface area contributed by atoms with Crippen LogP contribution in [0.4, 0.5) is 4.79 Å². The quantitative estimate of drug-likeness (QED) is 0.123. The lowest BCUT2D eigenvalue weighted by atomic mass is 10.1. The van der Waals surface area contributed by atoms with Gasteiger partial charge in [0.2, 0.25) is 0 Å². The Bertz CT molecular complexity index is 927. The summed E-state index contributed by atoms with van der Waals surface area (Å²) in [5.74, 6) is -2.39. The maximum atomic E-state index is 13.3. The Labute approximate surface area is 220 Å². The van der Waals surface area contributed by atoms with E-state index in [0.29, 0.717) is 13.0 Å². The molecular formula is C24H36N2O12. The number of esters is 1. The van der Waals surface area contributed by atoms with Crippen LogP contribution in [0.3, 0.4) is 0 Å². The van der Waals surface area contributed by atoms with Gasteiger partial charge in [-0.3, -0.25) is 15.3 Å². The Balaban J connectivity index is 2.21. The molecule has 1 aliphatic rings. The monoisotopic (exact) mass is 544 g/mol. The highest BCUT2D eigenvalue weighted by atomic mass is 17.1. The van der Waals surface area contributed by atoms with Crippen LogP contribution in [-0.4, -0.2) is 82.8 Å². The number of hydrogen-bond donors (Lipinski definition) is 4. The summed E-state index contributed by atoms with van der Waals surface area (Å²) in [5, 5.41) is 28.6. The van der Waals surface area contributed by atoms with Crippen LogP contribution in [0.5, 0.6) is 11.5 Å². The molecule has 0 radical (unpaired) electrons. The second kappa shape index (κ2) is 14.8. The smallest absolute Gasteiger partial charge is 0.408 e. The van der Waals surface area contributed by atoms with E-state index >= 15 is 0 Å². The number of ether oxygens (including phenoxy) is 5. The lowest BCUT2D eigenvalue weighted by Crippen LogP contribution is -2.52. The zero-order chi connectivity index (χ0) is 28.3. The van der Waals surface area contributed by atoms with Gasteiger partial charge in [0.1, 0.15) is 5.60 Å². The summed E-state index contributed by atoms with van der Waals surface area (Å²) >= 11 is 0. The van der Waals surface area contributed by atoms with Crippen LogP contribution in [0.2, 0.25) is 0 Å². The maximum Gasteiger partial charge on any atom is 0.408 e. The van der Waals surface area contributed by atoms with Gasteiger partial charge in [-0.1, -0.05) is 0 Å². The molecule has 0 saturated carbocycles. The molecule has 1 heterocycles. The lowest BCUT2D eigenvalue weighted by Gasteiger charge is -2.30. The van der Waals surface area contributed by atoms with Crippen molar-refractivity contribution in [2.45, 2.75) is 77.4 Å². The lowest BCUT2D eigenvalue weighted by molar-refractivity contribution is -0.492. The number of alkyl carbamates (subject to hydrolysis) is 1. The van der Waals surface area contributed by atoms with Crippen molar-refractivity contribution in [1.29, 1.82) is 0 Å². The van der Waals surface area contributed by atoms with Crippen molar-refractivity contribution in [3.8, 4) is 11.5 Å². The first-order valence-electron chi connectivity index (χ1n) is 12.1. The minimum Gasteiger partial charge on any atom is -0.490 e. The topological polar surface area (TPSA) is 183 Å². The summed E-state index contributed by atoms with van der Waals surface area (Å²) in [4.78, 5) is 41.7. The molecule has 0 aliphatic carbocycles. The number of carbonyl (C=O) groups is 3. The summed E-state index contributed by atoms with van der Waals surface area (Å²) in [7, 11) is 0. The molecule has 214 valence electrons. The van der Waals surface area contributed by atoms with Gasteiger partial charge in [-0.15, -0.1) is 0 Å². The summed E-state index contributed by atoms with van der Waals surface area (Å²) in [6, 6.07) is 2.33. The Kier molecular flexibility index (Phi) is 12.2. The van der Waals surface area contributed by atoms with Crippen LogP contribution < -0.4 is 14.8 Å². The van der Waals surface area contributed by atoms with Crippen LogP contribution in [-0.2, 0) is 23.8 Å². The zero-order valence-corrected chi connectivity index (χ0v) is 21.9. The molecule has 1 saturated heterocycles. The van der Waals surface area contributed by atoms with Gasteiger partial charge in [0.25, 0.3) is 0 Å². The minimum absolute atomic E-state index is 0.00291. The predicted octanol–water partition coefficient (Wildman–Crippen LogP) is 2.90. The average molecular weight is 545 g/mol. The molecule has 2 rings (SSSR count). The second-order valence-corrected chi connectivity index (χ2v) is 9.44. The zero-order valence-electron chi connectivity index (χ0n) is 21.9. The van der Waals surface area contributed by atoms with Gasteiger partial charge in [-0.2, -0.15) is 0 Å². The fourth-order valence-corrected chi connectivity index (χ4v) is 3.34. The Morgan fingerprint density at radius 3 is 2.50 bits per heavy atom. The van der Waals surface area contributed by atoms with Gasteiger partial charge in [0.15, 0.2) is 23.8 Å². The number of rotatable bonds is 13. The fraction of sp³-hybridized carbons (Fsp3) is 0.625. The van der Waals surface area contributed by atoms with E-state index in [0.717, 1.165) is 18.9 Å². The molecule has 1 aliphatic heterocycles. The van der Waals surface area contributed by atoms with Crippen LogP contribution >= 0.6 is 0 Å². The van der Waals surface area contributed by atoms with Gasteiger partial charge in [0, 0.05) is 13.0 Å². The van der Waals surface area contributed by atoms with E-state index < -0.39 is 47.5 Å². The Hall–Kier alpha value is -3.01. The van der Waals surface area contributed by atoms with Crippen molar-refractivity contribution in [3.63, 3.8) is 0 Å². The average Bonchev–Trinajstić information content (AvgIpc) is 2.82. The molecule has 3 atom stereocenters. The number of hydrogen-bond acceptors (Lipinski definition) is 12. The third-order valence-corrected chi connectivity index (χ3v) is 5.05. The predicted molar refractivity (Wildman–Crippen MR) is 128 cm³/mol. The van der Waals surface area contributed by atoms with Crippen molar-refractivity contribution in [1.82, 2.24) is 10.7 Å². The number of benzene rings is 1. The third-order valence-electron chi connectivity index (χ3n) is 5.05. The molecule has 0 spiro atoms. The van der Waals surface area contributed by atoms with Gasteiger partial charge in [-0.25, -0.2) is 14.4 Å². The molecule has 4 N–H and O–H groups in total. The first-order valence-corrected chi connectivity index (χ1v) is 12.1. The summed E-state index contributed by atoms with van der Waals surface area (Å²) in [6.07, 6.45) is 0.252. The first-order chi connectivity index (χ1) is 17.9. The highest BCUT2D eigenvalue weighted by Gasteiger charge is 2.34. The van der Waals surface area contributed by atoms with Crippen molar-refractivity contribution in [3.05, 3.63) is 23.8 Å². The molecule has 1 aromatic rings. The van der Waals surface area contributed by atoms with Crippen molar-refractivity contribution in [2.75, 3.05) is 19.8 Å². The number of carboxylic acid groups (broad SMARTS) is 1. The van der Waals surface area contributed by atoms with Crippen LogP contribution in [0.1, 0.15) is 63.7 Å². The van der Waals surface area contributed by atoms with Crippen molar-refractivity contribution >= 4 is 18.0 Å². The molecule has 1 amide bonds. The van der Waals surface area contributed by atoms with E-state index in [2.05, 4.69) is 10.2 Å². The number of carbonyl (C=O) groups excluding carboxylic acids is 2. The second-order valence-electron chi connectivity index (χ2n) is 9.44. The third kappa shape index (κ3) is 11.2. The highest BCUT2D eigenvalue weighted by molar-refractivity contribution is 5.89. The van der Waals surface area contributed by atoms with E-state index in [9.17, 15) is 19.5 Å². The molecule has 14 nitrogen and oxygen atoms in total. The minimum atomic E-state index is -1.34. The SMILES string of the molecule is CC(OC1CCCCO1)C(NC(=O)OC(C)(C)C)C(=O)Oc1cc(C(=O)O)ccc1OCCCON(O)O. The van der Waals surface area contributed by atoms with Crippen molar-refractivity contribution < 1.29 is 58.4 Å². The standard InChI is InChI=1S/C24H36N2O12/c1-15(36-19-8-5-6-11-34-19)20(25-23(30)38-24(2,3)4)22(29)37-18-14-16(21(27)28)9-10-17(18)33-12-7-13-35-26(31)32/h9-10,14-15,19-20,31-32H,5-8,11-13H2,1-4H3,(H,25,30)(H,27,28). The van der Waals surface area contributed by atoms with Crippen LogP contribution in [0.25, 0.3) is 0 Å². The fourth-order valence-electron chi connectivity index (χ4n) is 3.34. The number of nitrogens with zero attached hydrogens (tertiary/aromatic N) is 1. The molecule has 1 fully saturated rings. The normalized spacial score (nSPS) is 17.4. The van der Waals surface area contributed by atoms with Crippen LogP contribution in [0, 0.1) is 0 Å².